The van der Waals surface area contributed by atoms with Gasteiger partial charge in [0.15, 0.2) is 35.0 Å². The lowest BCUT2D eigenvalue weighted by Crippen LogP contribution is -2.87. The van der Waals surface area contributed by atoms with Gasteiger partial charge >= 0.3 is 0 Å². The van der Waals surface area contributed by atoms with Gasteiger partial charge in [-0.2, -0.15) is 0 Å². The Hall–Kier alpha value is -1.56. The average molecular weight is 348 g/mol. The summed E-state index contributed by atoms with van der Waals surface area (Å²) in [5, 5.41) is 51.8. The van der Waals surface area contributed by atoms with Crippen LogP contribution in [0.5, 0.6) is 0 Å². The molecule has 1 unspecified atom stereocenters. The van der Waals surface area contributed by atoms with Gasteiger partial charge in [0.1, 0.15) is 12.2 Å². The minimum absolute atomic E-state index is 0.650. The van der Waals surface area contributed by atoms with Crippen molar-refractivity contribution in [2.75, 3.05) is 0 Å². The topological polar surface area (TPSA) is 179 Å². The zero-order chi connectivity index (χ0) is 19.2. The summed E-state index contributed by atoms with van der Waals surface area (Å²) in [5.41, 5.74) is -10.4. The first kappa shape index (κ1) is 20.5. The van der Waals surface area contributed by atoms with E-state index in [1.807, 2.05) is 0 Å². The maximum atomic E-state index is 12.0. The summed E-state index contributed by atoms with van der Waals surface area (Å²) >= 11 is 0. The predicted octanol–water partition coefficient (Wildman–Crippen LogP) is -3.39. The quantitative estimate of drug-likeness (QED) is 0.336. The fourth-order valence-corrected chi connectivity index (χ4v) is 2.95. The molecule has 24 heavy (non-hydrogen) atoms. The molecule has 0 saturated carbocycles. The number of ketones is 4. The molecule has 10 nitrogen and oxygen atoms in total. The van der Waals surface area contributed by atoms with E-state index < -0.39 is 58.4 Å². The van der Waals surface area contributed by atoms with Gasteiger partial charge in [-0.05, 0) is 27.7 Å². The van der Waals surface area contributed by atoms with E-state index >= 15 is 0 Å². The summed E-state index contributed by atoms with van der Waals surface area (Å²) in [6.45, 7) is 2.88. The lowest BCUT2D eigenvalue weighted by molar-refractivity contribution is -0.364. The van der Waals surface area contributed by atoms with Crippen LogP contribution in [0.4, 0.5) is 0 Å². The van der Waals surface area contributed by atoms with Crippen molar-refractivity contribution >= 4 is 23.1 Å². The Balaban J connectivity index is 3.86. The molecule has 1 heterocycles. The van der Waals surface area contributed by atoms with Crippen molar-refractivity contribution in [1.29, 1.82) is 0 Å². The third-order valence-corrected chi connectivity index (χ3v) is 4.43. The van der Waals surface area contributed by atoms with E-state index in [4.69, 9.17) is 4.74 Å². The molecular formula is C14H20O10. The summed E-state index contributed by atoms with van der Waals surface area (Å²) in [6, 6.07) is 0. The van der Waals surface area contributed by atoms with Crippen LogP contribution in [0.2, 0.25) is 0 Å². The molecule has 1 rings (SSSR count). The van der Waals surface area contributed by atoms with Gasteiger partial charge in [0, 0.05) is 0 Å². The molecule has 1 fully saturated rings. The molecule has 1 aliphatic rings. The van der Waals surface area contributed by atoms with Crippen molar-refractivity contribution in [3.8, 4) is 0 Å². The molecule has 0 spiro atoms. The van der Waals surface area contributed by atoms with Crippen LogP contribution < -0.4 is 0 Å². The van der Waals surface area contributed by atoms with Crippen LogP contribution in [-0.4, -0.2) is 84.0 Å². The fourth-order valence-electron chi connectivity index (χ4n) is 2.95. The maximum Gasteiger partial charge on any atom is 0.213 e. The highest BCUT2D eigenvalue weighted by Crippen LogP contribution is 2.46. The van der Waals surface area contributed by atoms with Crippen LogP contribution >= 0.6 is 0 Å². The van der Waals surface area contributed by atoms with E-state index in [0.29, 0.717) is 20.8 Å². The van der Waals surface area contributed by atoms with Crippen LogP contribution in [0.25, 0.3) is 0 Å². The van der Waals surface area contributed by atoms with E-state index in [2.05, 4.69) is 0 Å². The molecule has 5 N–H and O–H groups in total. The van der Waals surface area contributed by atoms with Gasteiger partial charge in [0.05, 0.1) is 0 Å². The number of hydrogen-bond acceptors (Lipinski definition) is 10. The number of carbonyl (C=O) groups excluding carboxylic acids is 4. The van der Waals surface area contributed by atoms with Crippen LogP contribution in [0.1, 0.15) is 27.7 Å². The van der Waals surface area contributed by atoms with Crippen molar-refractivity contribution < 1.29 is 49.4 Å². The van der Waals surface area contributed by atoms with Crippen LogP contribution in [-0.2, 0) is 23.9 Å². The molecular weight excluding hydrogens is 328 g/mol. The zero-order valence-electron chi connectivity index (χ0n) is 13.5. The van der Waals surface area contributed by atoms with Crippen molar-refractivity contribution in [1.82, 2.24) is 0 Å². The number of aliphatic hydroxyl groups is 5. The second kappa shape index (κ2) is 6.06. The molecule has 0 radical (unpaired) electrons. The lowest BCUT2D eigenvalue weighted by atomic mass is 9.60. The van der Waals surface area contributed by atoms with Crippen molar-refractivity contribution in [3.63, 3.8) is 0 Å². The van der Waals surface area contributed by atoms with Gasteiger partial charge in [-0.1, -0.05) is 0 Å². The van der Waals surface area contributed by atoms with Gasteiger partial charge in [-0.25, -0.2) is 0 Å². The predicted molar refractivity (Wildman–Crippen MR) is 74.5 cm³/mol. The Labute approximate surface area is 136 Å². The first-order valence-corrected chi connectivity index (χ1v) is 6.92. The Morgan fingerprint density at radius 1 is 0.875 bits per heavy atom. The number of ether oxygens (including phenoxy) is 1. The third kappa shape index (κ3) is 2.26. The van der Waals surface area contributed by atoms with E-state index in [1.165, 1.54) is 0 Å². The number of hydrogen-bond donors (Lipinski definition) is 5. The first-order valence-electron chi connectivity index (χ1n) is 6.92. The highest BCUT2D eigenvalue weighted by atomic mass is 16.7. The highest BCUT2D eigenvalue weighted by Gasteiger charge is 2.79. The Morgan fingerprint density at radius 2 is 1.29 bits per heavy atom. The van der Waals surface area contributed by atoms with Gasteiger partial charge in [-0.3, -0.25) is 19.2 Å². The van der Waals surface area contributed by atoms with Crippen molar-refractivity contribution in [2.24, 2.45) is 0 Å². The molecule has 0 aliphatic carbocycles. The molecule has 136 valence electrons. The minimum Gasteiger partial charge on any atom is -0.382 e. The molecule has 1 aliphatic heterocycles. The Bertz CT molecular complexity index is 600. The first-order chi connectivity index (χ1) is 10.7. The molecule has 0 aromatic heterocycles. The minimum atomic E-state index is -3.57. The summed E-state index contributed by atoms with van der Waals surface area (Å²) in [7, 11) is 0. The van der Waals surface area contributed by atoms with Crippen molar-refractivity contribution in [2.45, 2.75) is 63.0 Å². The molecule has 0 aromatic carbocycles. The molecule has 0 bridgehead atoms. The monoisotopic (exact) mass is 348 g/mol. The summed E-state index contributed by atoms with van der Waals surface area (Å²) in [5.74, 6) is -5.24. The smallest absolute Gasteiger partial charge is 0.213 e. The average Bonchev–Trinajstić information content (AvgIpc) is 2.46. The second-order valence-corrected chi connectivity index (χ2v) is 5.88. The molecule has 0 amide bonds. The largest absolute Gasteiger partial charge is 0.382 e. The van der Waals surface area contributed by atoms with E-state index in [-0.39, 0.29) is 0 Å². The highest BCUT2D eigenvalue weighted by molar-refractivity contribution is 6.05. The zero-order valence-corrected chi connectivity index (χ0v) is 13.5. The summed E-state index contributed by atoms with van der Waals surface area (Å²) in [6.07, 6.45) is -7.16. The molecule has 0 aromatic rings. The normalized spacial score (nSPS) is 40.7. The van der Waals surface area contributed by atoms with E-state index in [0.717, 1.165) is 6.92 Å². The standard InChI is InChI=1S/C14H20O10/c1-5(15)9(19)10-12(21,6(2)16)14(23,8(4)18)13(22,7(3)17)11(20)24-10/h9-11,19-23H,1-4H3/t9?,10-,11+,12-,13+,14+/m1/s1. The SMILES string of the molecule is CC(=O)C(O)[C@H]1O[C@H](O)[C@@](O)(C(C)=O)[C@](O)(C(C)=O)[C@@]1(O)C(C)=O. The van der Waals surface area contributed by atoms with Gasteiger partial charge < -0.3 is 30.3 Å². The van der Waals surface area contributed by atoms with Crippen LogP contribution in [0.3, 0.4) is 0 Å². The second-order valence-electron chi connectivity index (χ2n) is 5.88. The van der Waals surface area contributed by atoms with Gasteiger partial charge in [0.25, 0.3) is 0 Å². The summed E-state index contributed by atoms with van der Waals surface area (Å²) < 4.78 is 4.74. The molecule has 10 heteroatoms. The van der Waals surface area contributed by atoms with Gasteiger partial charge in [-0.15, -0.1) is 0 Å². The maximum absolute atomic E-state index is 12.0. The van der Waals surface area contributed by atoms with E-state index in [9.17, 15) is 44.7 Å². The Kier molecular flexibility index (Phi) is 5.17. The van der Waals surface area contributed by atoms with Crippen LogP contribution in [0.15, 0.2) is 0 Å². The van der Waals surface area contributed by atoms with Gasteiger partial charge in [0.2, 0.25) is 11.2 Å². The number of carbonyl (C=O) groups is 4. The number of Topliss-reactive ketones (excluding diaryl/α,β-unsaturated/α-hetero) is 4. The number of aliphatic hydroxyl groups excluding tert-OH is 2. The fraction of sp³-hybridized carbons (Fsp3) is 0.714. The lowest BCUT2D eigenvalue weighted by Gasteiger charge is -2.57. The third-order valence-electron chi connectivity index (χ3n) is 4.43. The Morgan fingerprint density at radius 3 is 1.58 bits per heavy atom. The van der Waals surface area contributed by atoms with Crippen molar-refractivity contribution in [3.05, 3.63) is 0 Å². The molecule has 1 saturated heterocycles. The van der Waals surface area contributed by atoms with E-state index in [1.54, 1.807) is 0 Å². The summed E-state index contributed by atoms with van der Waals surface area (Å²) in [4.78, 5) is 47.3. The molecule has 6 atom stereocenters. The number of rotatable bonds is 5. The van der Waals surface area contributed by atoms with Crippen LogP contribution in [0, 0.1) is 0 Å².